The molecule has 6 nitrogen and oxygen atoms in total. The molecule has 0 radical (unpaired) electrons. The number of imidazole rings is 1. The molecule has 7 heteroatoms. The molecule has 2 aromatic rings. The fourth-order valence-electron chi connectivity index (χ4n) is 2.28. The maximum Gasteiger partial charge on any atom is 0.323 e. The van der Waals surface area contributed by atoms with Crippen molar-refractivity contribution >= 4 is 38.6 Å². The number of carbonyl (C=O) groups is 1. The van der Waals surface area contributed by atoms with Crippen LogP contribution in [-0.4, -0.2) is 28.5 Å². The maximum atomic E-state index is 12.0. The monoisotopic (exact) mass is 324 g/mol. The van der Waals surface area contributed by atoms with Gasteiger partial charge in [-0.3, -0.25) is 4.79 Å². The quantitative estimate of drug-likeness (QED) is 0.671. The minimum Gasteiger partial charge on any atom is -0.324 e. The molecule has 1 fully saturated rings. The van der Waals surface area contributed by atoms with Crippen molar-refractivity contribution in [1.29, 1.82) is 0 Å². The molecule has 1 aliphatic heterocycles. The third-order valence-electron chi connectivity index (χ3n) is 3.24. The molecule has 3 rings (SSSR count). The van der Waals surface area contributed by atoms with Crippen molar-refractivity contribution in [3.63, 3.8) is 0 Å². The summed E-state index contributed by atoms with van der Waals surface area (Å²) in [5, 5.41) is 6.02. The number of carbonyl (C=O) groups excluding carboxylic acids is 1. The van der Waals surface area contributed by atoms with E-state index in [1.54, 1.807) is 12.1 Å². The van der Waals surface area contributed by atoms with Crippen LogP contribution in [0.1, 0.15) is 12.8 Å². The molecule has 1 aromatic carbocycles. The van der Waals surface area contributed by atoms with Crippen LogP contribution in [-0.2, 0) is 4.79 Å². The lowest BCUT2D eigenvalue weighted by molar-refractivity contribution is -0.117. The highest BCUT2D eigenvalue weighted by atomic mass is 79.9. The number of hydrogen-bond donors (Lipinski definition) is 4. The first kappa shape index (κ1) is 12.4. The number of aromatic amines is 2. The molecule has 19 heavy (non-hydrogen) atoms. The van der Waals surface area contributed by atoms with Gasteiger partial charge in [0, 0.05) is 4.47 Å². The van der Waals surface area contributed by atoms with E-state index in [1.165, 1.54) is 0 Å². The number of aromatic nitrogens is 2. The van der Waals surface area contributed by atoms with Crippen LogP contribution < -0.4 is 16.3 Å². The molecule has 1 atom stereocenters. The number of amides is 1. The van der Waals surface area contributed by atoms with Crippen LogP contribution in [0.4, 0.5) is 5.69 Å². The van der Waals surface area contributed by atoms with Crippen LogP contribution in [0.25, 0.3) is 11.0 Å². The van der Waals surface area contributed by atoms with Gasteiger partial charge in [-0.25, -0.2) is 4.79 Å². The van der Waals surface area contributed by atoms with Crippen LogP contribution >= 0.6 is 15.9 Å². The molecule has 0 bridgehead atoms. The molecule has 1 aliphatic rings. The Morgan fingerprint density at radius 3 is 2.74 bits per heavy atom. The lowest BCUT2D eigenvalue weighted by Gasteiger charge is -2.12. The Morgan fingerprint density at radius 2 is 2.05 bits per heavy atom. The van der Waals surface area contributed by atoms with Gasteiger partial charge in [-0.1, -0.05) is 0 Å². The Balaban J connectivity index is 1.89. The van der Waals surface area contributed by atoms with Gasteiger partial charge >= 0.3 is 5.69 Å². The molecule has 0 saturated carbocycles. The topological polar surface area (TPSA) is 89.8 Å². The van der Waals surface area contributed by atoms with Crippen LogP contribution in [0.5, 0.6) is 0 Å². The van der Waals surface area contributed by atoms with E-state index in [-0.39, 0.29) is 17.6 Å². The summed E-state index contributed by atoms with van der Waals surface area (Å²) in [4.78, 5) is 28.6. The number of anilines is 1. The van der Waals surface area contributed by atoms with E-state index in [9.17, 15) is 9.59 Å². The first-order valence-corrected chi connectivity index (χ1v) is 6.88. The summed E-state index contributed by atoms with van der Waals surface area (Å²) >= 11 is 3.39. The first-order chi connectivity index (χ1) is 9.13. The van der Waals surface area contributed by atoms with Gasteiger partial charge in [0.15, 0.2) is 0 Å². The molecule has 100 valence electrons. The van der Waals surface area contributed by atoms with Crippen LogP contribution in [0.2, 0.25) is 0 Å². The summed E-state index contributed by atoms with van der Waals surface area (Å²) in [5.74, 6) is -0.0459. The second-order valence-electron chi connectivity index (χ2n) is 4.59. The van der Waals surface area contributed by atoms with Crippen molar-refractivity contribution in [3.8, 4) is 0 Å². The largest absolute Gasteiger partial charge is 0.324 e. The van der Waals surface area contributed by atoms with Gasteiger partial charge < -0.3 is 20.6 Å². The molecule has 1 saturated heterocycles. The van der Waals surface area contributed by atoms with Crippen LogP contribution in [0.3, 0.4) is 0 Å². The lowest BCUT2D eigenvalue weighted by atomic mass is 10.2. The number of fused-ring (bicyclic) bond motifs is 1. The third kappa shape index (κ3) is 2.43. The Morgan fingerprint density at radius 1 is 1.32 bits per heavy atom. The molecular weight excluding hydrogens is 312 g/mol. The zero-order valence-electron chi connectivity index (χ0n) is 10.0. The Hall–Kier alpha value is -1.60. The molecule has 1 aromatic heterocycles. The van der Waals surface area contributed by atoms with Crippen molar-refractivity contribution in [1.82, 2.24) is 15.3 Å². The van der Waals surface area contributed by atoms with Gasteiger partial charge in [0.2, 0.25) is 5.91 Å². The van der Waals surface area contributed by atoms with Crippen molar-refractivity contribution in [2.45, 2.75) is 18.9 Å². The van der Waals surface area contributed by atoms with Gasteiger partial charge in [0.05, 0.1) is 22.8 Å². The average Bonchev–Trinajstić information content (AvgIpc) is 2.97. The van der Waals surface area contributed by atoms with Gasteiger partial charge in [-0.2, -0.15) is 0 Å². The highest BCUT2D eigenvalue weighted by Gasteiger charge is 2.22. The standard InChI is InChI=1S/C12H13BrN4O2/c13-6-4-9-10(17-12(19)16-9)5-8(6)15-11(18)7-2-1-3-14-7/h4-5,7,14H,1-3H2,(H,15,18)(H2,16,17,19)/t7-/m1/s1. The van der Waals surface area contributed by atoms with Crippen molar-refractivity contribution in [3.05, 3.63) is 27.1 Å². The molecular formula is C12H13BrN4O2. The van der Waals surface area contributed by atoms with Crippen molar-refractivity contribution in [2.75, 3.05) is 11.9 Å². The normalized spacial score (nSPS) is 18.9. The first-order valence-electron chi connectivity index (χ1n) is 6.09. The average molecular weight is 325 g/mol. The lowest BCUT2D eigenvalue weighted by Crippen LogP contribution is -2.35. The van der Waals surface area contributed by atoms with Crippen molar-refractivity contribution in [2.24, 2.45) is 0 Å². The minimum absolute atomic E-state index is 0.0459. The summed E-state index contributed by atoms with van der Waals surface area (Å²) < 4.78 is 0.738. The molecule has 4 N–H and O–H groups in total. The van der Waals surface area contributed by atoms with E-state index in [0.717, 1.165) is 23.9 Å². The molecule has 0 aliphatic carbocycles. The molecule has 0 unspecified atom stereocenters. The van der Waals surface area contributed by atoms with Crippen LogP contribution in [0, 0.1) is 0 Å². The van der Waals surface area contributed by atoms with E-state index in [4.69, 9.17) is 0 Å². The van der Waals surface area contributed by atoms with Gasteiger partial charge in [-0.15, -0.1) is 0 Å². The zero-order valence-corrected chi connectivity index (χ0v) is 11.6. The summed E-state index contributed by atoms with van der Waals surface area (Å²) in [5.41, 5.74) is 1.76. The fourth-order valence-corrected chi connectivity index (χ4v) is 2.72. The summed E-state index contributed by atoms with van der Waals surface area (Å²) in [6.07, 6.45) is 1.87. The summed E-state index contributed by atoms with van der Waals surface area (Å²) in [7, 11) is 0. The highest BCUT2D eigenvalue weighted by molar-refractivity contribution is 9.10. The van der Waals surface area contributed by atoms with Gasteiger partial charge in [-0.05, 0) is 47.4 Å². The van der Waals surface area contributed by atoms with E-state index in [0.29, 0.717) is 16.7 Å². The van der Waals surface area contributed by atoms with E-state index >= 15 is 0 Å². The van der Waals surface area contributed by atoms with E-state index in [1.807, 2.05) is 0 Å². The fraction of sp³-hybridized carbons (Fsp3) is 0.333. The minimum atomic E-state index is -0.261. The predicted octanol–water partition coefficient (Wildman–Crippen LogP) is 1.31. The number of halogens is 1. The van der Waals surface area contributed by atoms with Crippen molar-refractivity contribution < 1.29 is 4.79 Å². The SMILES string of the molecule is O=C(Nc1cc2[nH]c(=O)[nH]c2cc1Br)[C@H]1CCCN1. The third-order valence-corrected chi connectivity index (χ3v) is 3.89. The second kappa shape index (κ2) is 4.82. The van der Waals surface area contributed by atoms with Gasteiger partial charge in [0.25, 0.3) is 0 Å². The Bertz CT molecular complexity index is 685. The highest BCUT2D eigenvalue weighted by Crippen LogP contribution is 2.26. The number of nitrogens with one attached hydrogen (secondary N) is 4. The Kier molecular flexibility index (Phi) is 3.16. The number of hydrogen-bond acceptors (Lipinski definition) is 3. The van der Waals surface area contributed by atoms with Gasteiger partial charge in [0.1, 0.15) is 0 Å². The predicted molar refractivity (Wildman–Crippen MR) is 76.3 cm³/mol. The van der Waals surface area contributed by atoms with E-state index < -0.39 is 0 Å². The molecule has 1 amide bonds. The second-order valence-corrected chi connectivity index (χ2v) is 5.45. The number of rotatable bonds is 2. The summed E-state index contributed by atoms with van der Waals surface area (Å²) in [6, 6.07) is 3.38. The van der Waals surface area contributed by atoms with E-state index in [2.05, 4.69) is 36.5 Å². The summed E-state index contributed by atoms with van der Waals surface area (Å²) in [6.45, 7) is 0.878. The van der Waals surface area contributed by atoms with Crippen LogP contribution in [0.15, 0.2) is 21.4 Å². The maximum absolute atomic E-state index is 12.0. The Labute approximate surface area is 117 Å². The molecule has 0 spiro atoms. The zero-order chi connectivity index (χ0) is 13.4. The number of H-pyrrole nitrogens is 2. The molecule has 2 heterocycles. The smallest absolute Gasteiger partial charge is 0.323 e. The number of benzene rings is 1.